The Morgan fingerprint density at radius 1 is 1.35 bits per heavy atom. The van der Waals surface area contributed by atoms with Gasteiger partial charge in [-0.15, -0.1) is 0 Å². The second kappa shape index (κ2) is 8.02. The highest BCUT2D eigenvalue weighted by Crippen LogP contribution is 2.34. The Kier molecular flexibility index (Phi) is 5.05. The van der Waals surface area contributed by atoms with Crippen LogP contribution < -0.4 is 5.32 Å². The third-order valence-corrected chi connectivity index (χ3v) is 6.19. The van der Waals surface area contributed by atoms with Gasteiger partial charge in [0.15, 0.2) is 0 Å². The van der Waals surface area contributed by atoms with Gasteiger partial charge in [-0.3, -0.25) is 9.48 Å². The van der Waals surface area contributed by atoms with Crippen LogP contribution in [-0.2, 0) is 11.8 Å². The summed E-state index contributed by atoms with van der Waals surface area (Å²) in [5.74, 6) is 1.03. The van der Waals surface area contributed by atoms with Gasteiger partial charge in [-0.25, -0.2) is 9.97 Å². The fraction of sp³-hybridized carbons (Fsp3) is 0.391. The Bertz CT molecular complexity index is 1190. The molecular weight excluding hydrogens is 390 g/mol. The van der Waals surface area contributed by atoms with E-state index in [0.29, 0.717) is 13.0 Å². The molecule has 0 aromatic carbocycles. The molecule has 31 heavy (non-hydrogen) atoms. The van der Waals surface area contributed by atoms with Crippen molar-refractivity contribution in [1.82, 2.24) is 29.6 Å². The van der Waals surface area contributed by atoms with Crippen molar-refractivity contribution in [3.05, 3.63) is 41.6 Å². The summed E-state index contributed by atoms with van der Waals surface area (Å²) in [4.78, 5) is 26.5. The third-order valence-electron chi connectivity index (χ3n) is 6.19. The Morgan fingerprint density at radius 3 is 3.13 bits per heavy atom. The maximum Gasteiger partial charge on any atom is 0.222 e. The first kappa shape index (κ1) is 19.5. The average molecular weight is 418 g/mol. The number of amides is 1. The molecule has 0 unspecified atom stereocenters. The number of hydrogen-bond donors (Lipinski definition) is 2. The number of piperidine rings is 1. The number of aromatic amines is 1. The first-order valence-electron chi connectivity index (χ1n) is 10.9. The summed E-state index contributed by atoms with van der Waals surface area (Å²) in [6, 6.07) is 0.179. The standard InChI is InChI=1S/C23H27N7O/c1-3-20(31)30-9-5-7-17(13-30)28-23-21-18(12-24-22(21)25-14-26-23)15-6-4-8-19-16(10-15)11-27-29(19)2/h4,8,10-12,14,17H,3,5-7,9,13H2,1-2H3,(H2,24,25,26,28)/t17-/m1/s1. The van der Waals surface area contributed by atoms with Crippen molar-refractivity contribution < 1.29 is 4.79 Å². The largest absolute Gasteiger partial charge is 0.365 e. The lowest BCUT2D eigenvalue weighted by Gasteiger charge is -2.33. The lowest BCUT2D eigenvalue weighted by atomic mass is 10.0. The molecule has 1 aliphatic heterocycles. The number of carbonyl (C=O) groups excluding carboxylic acids is 1. The Balaban J connectivity index is 1.49. The van der Waals surface area contributed by atoms with E-state index in [2.05, 4.69) is 43.6 Å². The normalized spacial score (nSPS) is 18.6. The molecule has 0 bridgehead atoms. The molecule has 1 aliphatic carbocycles. The summed E-state index contributed by atoms with van der Waals surface area (Å²) >= 11 is 0. The highest BCUT2D eigenvalue weighted by atomic mass is 16.2. The van der Waals surface area contributed by atoms with Crippen molar-refractivity contribution in [2.75, 3.05) is 18.4 Å². The zero-order valence-corrected chi connectivity index (χ0v) is 17.9. The van der Waals surface area contributed by atoms with Gasteiger partial charge in [0, 0.05) is 49.9 Å². The fourth-order valence-electron chi connectivity index (χ4n) is 4.58. The van der Waals surface area contributed by atoms with Crippen LogP contribution in [0.3, 0.4) is 0 Å². The number of carbonyl (C=O) groups is 1. The quantitative estimate of drug-likeness (QED) is 0.678. The van der Waals surface area contributed by atoms with Crippen molar-refractivity contribution in [2.24, 2.45) is 7.05 Å². The summed E-state index contributed by atoms with van der Waals surface area (Å²) in [6.07, 6.45) is 15.4. The molecule has 1 fully saturated rings. The number of likely N-dealkylation sites (tertiary alicyclic amines) is 1. The van der Waals surface area contributed by atoms with Crippen LogP contribution in [0.4, 0.5) is 5.82 Å². The molecule has 5 rings (SSSR count). The molecule has 1 amide bonds. The molecule has 3 aromatic heterocycles. The average Bonchev–Trinajstić information content (AvgIpc) is 3.30. The number of nitrogens with zero attached hydrogens (tertiary/aromatic N) is 5. The minimum atomic E-state index is 0.179. The van der Waals surface area contributed by atoms with Crippen LogP contribution in [0.2, 0.25) is 0 Å². The summed E-state index contributed by atoms with van der Waals surface area (Å²) < 4.78 is 1.89. The van der Waals surface area contributed by atoms with E-state index < -0.39 is 0 Å². The Labute approximate surface area is 181 Å². The van der Waals surface area contributed by atoms with E-state index in [1.54, 1.807) is 6.33 Å². The van der Waals surface area contributed by atoms with E-state index in [0.717, 1.165) is 59.5 Å². The van der Waals surface area contributed by atoms with Gasteiger partial charge < -0.3 is 15.2 Å². The van der Waals surface area contributed by atoms with E-state index in [4.69, 9.17) is 0 Å². The number of aryl methyl sites for hydroxylation is 1. The maximum absolute atomic E-state index is 12.2. The van der Waals surface area contributed by atoms with Crippen LogP contribution in [0.1, 0.15) is 49.4 Å². The summed E-state index contributed by atoms with van der Waals surface area (Å²) in [5, 5.41) is 8.99. The summed E-state index contributed by atoms with van der Waals surface area (Å²) in [6.45, 7) is 3.47. The highest BCUT2D eigenvalue weighted by molar-refractivity contribution is 6.02. The monoisotopic (exact) mass is 417 g/mol. The zero-order valence-electron chi connectivity index (χ0n) is 17.9. The maximum atomic E-state index is 12.2. The molecule has 0 saturated carbocycles. The van der Waals surface area contributed by atoms with Gasteiger partial charge in [-0.2, -0.15) is 5.10 Å². The highest BCUT2D eigenvalue weighted by Gasteiger charge is 2.24. The molecule has 2 aliphatic rings. The van der Waals surface area contributed by atoms with Crippen molar-refractivity contribution in [2.45, 2.75) is 38.6 Å². The first-order chi connectivity index (χ1) is 15.1. The number of aromatic nitrogens is 5. The van der Waals surface area contributed by atoms with E-state index in [-0.39, 0.29) is 11.9 Å². The van der Waals surface area contributed by atoms with Crippen LogP contribution >= 0.6 is 0 Å². The van der Waals surface area contributed by atoms with Gasteiger partial charge in [-0.1, -0.05) is 13.0 Å². The van der Waals surface area contributed by atoms with Crippen LogP contribution in [0.5, 0.6) is 0 Å². The van der Waals surface area contributed by atoms with Crippen LogP contribution in [0, 0.1) is 0 Å². The molecule has 2 N–H and O–H groups in total. The van der Waals surface area contributed by atoms with E-state index >= 15 is 0 Å². The number of nitrogens with one attached hydrogen (secondary N) is 2. The summed E-state index contributed by atoms with van der Waals surface area (Å²) in [5.41, 5.74) is 5.31. The molecule has 1 atom stereocenters. The van der Waals surface area contributed by atoms with Crippen molar-refractivity contribution >= 4 is 40.5 Å². The molecule has 160 valence electrons. The third kappa shape index (κ3) is 3.62. The smallest absolute Gasteiger partial charge is 0.222 e. The van der Waals surface area contributed by atoms with Gasteiger partial charge in [0.05, 0.1) is 17.3 Å². The second-order valence-corrected chi connectivity index (χ2v) is 8.21. The molecule has 0 spiro atoms. The SMILES string of the molecule is CCC(=O)N1CCC[C@@H](Nc2ncnc3[nH]cc(C4=Cc5cnn(C)c5C=CC4)c23)C1. The number of H-pyrrole nitrogens is 1. The van der Waals surface area contributed by atoms with Gasteiger partial charge in [-0.05, 0) is 37.0 Å². The molecule has 8 heteroatoms. The molecular formula is C23H27N7O. The predicted molar refractivity (Wildman–Crippen MR) is 122 cm³/mol. The van der Waals surface area contributed by atoms with E-state index in [1.165, 1.54) is 5.57 Å². The molecule has 0 radical (unpaired) electrons. The predicted octanol–water partition coefficient (Wildman–Crippen LogP) is 3.46. The fourth-order valence-corrected chi connectivity index (χ4v) is 4.58. The molecule has 1 saturated heterocycles. The van der Waals surface area contributed by atoms with E-state index in [1.807, 2.05) is 35.9 Å². The topological polar surface area (TPSA) is 91.7 Å². The second-order valence-electron chi connectivity index (χ2n) is 8.21. The van der Waals surface area contributed by atoms with Crippen LogP contribution in [-0.4, -0.2) is 54.7 Å². The molecule has 4 heterocycles. The minimum absolute atomic E-state index is 0.179. The summed E-state index contributed by atoms with van der Waals surface area (Å²) in [7, 11) is 1.96. The lowest BCUT2D eigenvalue weighted by Crippen LogP contribution is -2.45. The Hall–Kier alpha value is -3.42. The van der Waals surface area contributed by atoms with Crippen molar-refractivity contribution in [1.29, 1.82) is 0 Å². The number of anilines is 1. The van der Waals surface area contributed by atoms with Crippen LogP contribution in [0.25, 0.3) is 28.8 Å². The first-order valence-corrected chi connectivity index (χ1v) is 10.9. The van der Waals surface area contributed by atoms with Gasteiger partial charge in [0.2, 0.25) is 5.91 Å². The number of fused-ring (bicyclic) bond motifs is 2. The Morgan fingerprint density at radius 2 is 2.26 bits per heavy atom. The number of rotatable bonds is 4. The van der Waals surface area contributed by atoms with Crippen LogP contribution in [0.15, 0.2) is 24.8 Å². The number of allylic oxidation sites excluding steroid dienone is 2. The number of hydrogen-bond acceptors (Lipinski definition) is 5. The van der Waals surface area contributed by atoms with E-state index in [9.17, 15) is 4.79 Å². The van der Waals surface area contributed by atoms with Gasteiger partial charge in [0.25, 0.3) is 0 Å². The van der Waals surface area contributed by atoms with Gasteiger partial charge in [0.1, 0.15) is 17.8 Å². The van der Waals surface area contributed by atoms with Crippen molar-refractivity contribution in [3.63, 3.8) is 0 Å². The zero-order chi connectivity index (χ0) is 21.4. The minimum Gasteiger partial charge on any atom is -0.365 e. The van der Waals surface area contributed by atoms with Gasteiger partial charge >= 0.3 is 0 Å². The molecule has 3 aromatic rings. The lowest BCUT2D eigenvalue weighted by molar-refractivity contribution is -0.131. The van der Waals surface area contributed by atoms with Crippen molar-refractivity contribution in [3.8, 4) is 0 Å². The molecule has 8 nitrogen and oxygen atoms in total.